The molecule has 0 saturated carbocycles. The average Bonchev–Trinajstić information content (AvgIpc) is 1.82. The number of carboxylic acid groups (broad SMARTS) is 1. The zero-order valence-corrected chi connectivity index (χ0v) is 13.4. The van der Waals surface area contributed by atoms with Crippen LogP contribution in [0.25, 0.3) is 0 Å². The average molecular weight is 427 g/mol. The molecule has 2 unspecified atom stereocenters. The van der Waals surface area contributed by atoms with E-state index in [1.54, 1.807) is 0 Å². The number of quaternary nitrogens is 1. The van der Waals surface area contributed by atoms with Gasteiger partial charge in [0.25, 0.3) is 0 Å². The van der Waals surface area contributed by atoms with E-state index in [9.17, 15) is 4.79 Å². The van der Waals surface area contributed by atoms with Gasteiger partial charge in [-0.2, -0.15) is 0 Å². The Bertz CT molecular complexity index is 180. The third kappa shape index (κ3) is 7.22. The van der Waals surface area contributed by atoms with Crippen LogP contribution >= 0.6 is 22.6 Å². The maximum Gasteiger partial charge on any atom is 0.307 e. The maximum absolute atomic E-state index is 10.8. The minimum atomic E-state index is -0.671. The highest BCUT2D eigenvalue weighted by Gasteiger charge is 2.27. The van der Waals surface area contributed by atoms with E-state index in [0.717, 1.165) is 11.0 Å². The minimum Gasteiger partial charge on any atom is -1.00 e. The number of carboxylic acids is 1. The highest BCUT2D eigenvalue weighted by Crippen LogP contribution is 2.17. The van der Waals surface area contributed by atoms with Gasteiger partial charge in [0.15, 0.2) is 0 Å². The molecule has 0 aliphatic rings. The highest BCUT2D eigenvalue weighted by atomic mass is 127. The molecule has 0 heterocycles. The summed E-state index contributed by atoms with van der Waals surface area (Å²) in [5.41, 5.74) is 0. The summed E-state index contributed by atoms with van der Waals surface area (Å²) in [6.45, 7) is 2.92. The first kappa shape index (κ1) is 17.3. The third-order valence-corrected chi connectivity index (χ3v) is 2.95. The fraction of sp³-hybridized carbons (Fsp3) is 0.889. The molecule has 0 spiro atoms. The molecular weight excluding hydrogens is 408 g/mol. The van der Waals surface area contributed by atoms with Crippen molar-refractivity contribution in [3.8, 4) is 0 Å². The lowest BCUT2D eigenvalue weighted by Crippen LogP contribution is -3.00. The van der Waals surface area contributed by atoms with Crippen LogP contribution in [-0.2, 0) is 4.79 Å². The molecule has 0 radical (unpaired) electrons. The number of aliphatic carboxylic acids is 1. The molecule has 0 aromatic rings. The Balaban J connectivity index is 0. The van der Waals surface area contributed by atoms with Crippen molar-refractivity contribution in [3.63, 3.8) is 0 Å². The molecule has 86 valence electrons. The van der Waals surface area contributed by atoms with Crippen molar-refractivity contribution in [1.29, 1.82) is 0 Å². The number of carbonyl (C=O) groups is 1. The first-order chi connectivity index (χ1) is 5.78. The SMILES string of the molecule is CC(C[N+](C)(C)C)C(CI)C(=O)O.[I-]. The highest BCUT2D eigenvalue weighted by molar-refractivity contribution is 14.1. The lowest BCUT2D eigenvalue weighted by molar-refractivity contribution is -0.874. The molecule has 0 aliphatic heterocycles. The predicted molar refractivity (Wildman–Crippen MR) is 62.1 cm³/mol. The van der Waals surface area contributed by atoms with E-state index in [4.69, 9.17) is 5.11 Å². The third-order valence-electron chi connectivity index (χ3n) is 2.01. The van der Waals surface area contributed by atoms with E-state index in [0.29, 0.717) is 4.43 Å². The molecule has 0 fully saturated rings. The van der Waals surface area contributed by atoms with Crippen LogP contribution in [0.15, 0.2) is 0 Å². The Morgan fingerprint density at radius 1 is 1.43 bits per heavy atom. The molecule has 14 heavy (non-hydrogen) atoms. The summed E-state index contributed by atoms with van der Waals surface area (Å²) < 4.78 is 1.51. The Hall–Kier alpha value is 0.890. The lowest BCUT2D eigenvalue weighted by atomic mass is 9.95. The predicted octanol–water partition coefficient (Wildman–Crippen LogP) is -1.53. The van der Waals surface area contributed by atoms with Crippen LogP contribution in [0, 0.1) is 11.8 Å². The van der Waals surface area contributed by atoms with Gasteiger partial charge in [0, 0.05) is 10.3 Å². The van der Waals surface area contributed by atoms with Crippen molar-refractivity contribution < 1.29 is 38.4 Å². The number of hydrogen-bond donors (Lipinski definition) is 1. The second kappa shape index (κ2) is 7.21. The van der Waals surface area contributed by atoms with E-state index in [1.807, 2.05) is 6.92 Å². The Kier molecular flexibility index (Phi) is 8.91. The Morgan fingerprint density at radius 2 is 1.86 bits per heavy atom. The van der Waals surface area contributed by atoms with Crippen LogP contribution in [0.5, 0.6) is 0 Å². The molecule has 5 heteroatoms. The van der Waals surface area contributed by atoms with E-state index in [-0.39, 0.29) is 35.8 Å². The van der Waals surface area contributed by atoms with Crippen molar-refractivity contribution in [2.24, 2.45) is 11.8 Å². The summed E-state index contributed by atoms with van der Waals surface area (Å²) in [4.78, 5) is 10.8. The zero-order valence-electron chi connectivity index (χ0n) is 9.13. The van der Waals surface area contributed by atoms with Crippen LogP contribution in [-0.4, -0.2) is 47.7 Å². The minimum absolute atomic E-state index is 0. The van der Waals surface area contributed by atoms with Crippen molar-refractivity contribution >= 4 is 28.6 Å². The van der Waals surface area contributed by atoms with Crippen molar-refractivity contribution in [3.05, 3.63) is 0 Å². The van der Waals surface area contributed by atoms with Crippen LogP contribution < -0.4 is 24.0 Å². The molecule has 0 aromatic carbocycles. The summed E-state index contributed by atoms with van der Waals surface area (Å²) in [6, 6.07) is 0. The van der Waals surface area contributed by atoms with Crippen LogP contribution in [0.2, 0.25) is 0 Å². The molecule has 0 bridgehead atoms. The van der Waals surface area contributed by atoms with Gasteiger partial charge < -0.3 is 33.6 Å². The lowest BCUT2D eigenvalue weighted by Gasteiger charge is -2.29. The number of alkyl halides is 1. The van der Waals surface area contributed by atoms with Gasteiger partial charge in [0.05, 0.1) is 33.6 Å². The molecule has 2 atom stereocenters. The summed E-state index contributed by atoms with van der Waals surface area (Å²) in [5, 5.41) is 8.93. The van der Waals surface area contributed by atoms with E-state index >= 15 is 0 Å². The molecule has 0 rings (SSSR count). The zero-order chi connectivity index (χ0) is 10.6. The largest absolute Gasteiger partial charge is 1.00 e. The van der Waals surface area contributed by atoms with Crippen LogP contribution in [0.1, 0.15) is 6.92 Å². The number of hydrogen-bond acceptors (Lipinski definition) is 1. The van der Waals surface area contributed by atoms with E-state index < -0.39 is 5.97 Å². The quantitative estimate of drug-likeness (QED) is 0.329. The summed E-state index contributed by atoms with van der Waals surface area (Å²) in [7, 11) is 6.26. The maximum atomic E-state index is 10.8. The van der Waals surface area contributed by atoms with E-state index in [2.05, 4.69) is 43.7 Å². The second-order valence-corrected chi connectivity index (χ2v) is 5.43. The first-order valence-corrected chi connectivity index (χ1v) is 5.89. The fourth-order valence-corrected chi connectivity index (χ4v) is 2.70. The van der Waals surface area contributed by atoms with Crippen molar-refractivity contribution in [2.75, 3.05) is 32.1 Å². The second-order valence-electron chi connectivity index (χ2n) is 4.55. The van der Waals surface area contributed by atoms with Gasteiger partial charge in [-0.3, -0.25) is 4.79 Å². The van der Waals surface area contributed by atoms with Gasteiger partial charge in [-0.1, -0.05) is 29.5 Å². The first-order valence-electron chi connectivity index (χ1n) is 4.37. The van der Waals surface area contributed by atoms with Gasteiger partial charge in [-0.15, -0.1) is 0 Å². The number of halogens is 2. The van der Waals surface area contributed by atoms with Gasteiger partial charge in [0.2, 0.25) is 0 Å². The van der Waals surface area contributed by atoms with Crippen LogP contribution in [0.4, 0.5) is 0 Å². The van der Waals surface area contributed by atoms with Gasteiger partial charge >= 0.3 is 5.97 Å². The summed E-state index contributed by atoms with van der Waals surface area (Å²) >= 11 is 2.14. The van der Waals surface area contributed by atoms with Crippen molar-refractivity contribution in [1.82, 2.24) is 0 Å². The topological polar surface area (TPSA) is 37.3 Å². The molecule has 0 amide bonds. The number of nitrogens with zero attached hydrogens (tertiary/aromatic N) is 1. The molecule has 1 N–H and O–H groups in total. The molecule has 3 nitrogen and oxygen atoms in total. The van der Waals surface area contributed by atoms with Crippen molar-refractivity contribution in [2.45, 2.75) is 6.92 Å². The number of rotatable bonds is 5. The van der Waals surface area contributed by atoms with Crippen LogP contribution in [0.3, 0.4) is 0 Å². The van der Waals surface area contributed by atoms with Gasteiger partial charge in [-0.25, -0.2) is 0 Å². The normalized spacial score (nSPS) is 15.5. The Labute approximate surface area is 117 Å². The Morgan fingerprint density at radius 3 is 2.07 bits per heavy atom. The monoisotopic (exact) mass is 427 g/mol. The molecule has 0 aliphatic carbocycles. The smallest absolute Gasteiger partial charge is 0.307 e. The summed E-state index contributed by atoms with van der Waals surface area (Å²) in [5.74, 6) is -0.650. The molecular formula is C9H19I2NO2. The standard InChI is InChI=1S/C9H18INO2.HI/c1-7(6-11(2,3)4)8(5-10)9(12)13;/h7-8H,5-6H2,1-4H3;1H. The summed E-state index contributed by atoms with van der Waals surface area (Å²) in [6.07, 6.45) is 0. The van der Waals surface area contributed by atoms with E-state index in [1.165, 1.54) is 0 Å². The molecule has 0 aromatic heterocycles. The molecule has 0 saturated heterocycles. The van der Waals surface area contributed by atoms with Gasteiger partial charge in [0.1, 0.15) is 0 Å². The fourth-order valence-electron chi connectivity index (χ4n) is 1.45. The van der Waals surface area contributed by atoms with Gasteiger partial charge in [-0.05, 0) is 0 Å².